The van der Waals surface area contributed by atoms with E-state index < -0.39 is 23.7 Å². The van der Waals surface area contributed by atoms with Crippen molar-refractivity contribution < 1.29 is 24.2 Å². The van der Waals surface area contributed by atoms with Crippen molar-refractivity contribution in [3.8, 4) is 0 Å². The molecular formula is C26H32ClN3O5. The number of carbonyl (C=O) groups is 3. The van der Waals surface area contributed by atoms with E-state index in [0.29, 0.717) is 40.4 Å². The van der Waals surface area contributed by atoms with Crippen molar-refractivity contribution in [2.45, 2.75) is 40.2 Å². The van der Waals surface area contributed by atoms with Gasteiger partial charge in [-0.15, -0.1) is 0 Å². The summed E-state index contributed by atoms with van der Waals surface area (Å²) in [6.07, 6.45) is 0.667. The van der Waals surface area contributed by atoms with Gasteiger partial charge in [0, 0.05) is 22.8 Å². The van der Waals surface area contributed by atoms with E-state index in [9.17, 15) is 19.5 Å². The minimum Gasteiger partial charge on any atom is -0.507 e. The van der Waals surface area contributed by atoms with Gasteiger partial charge in [-0.25, -0.2) is 4.79 Å². The van der Waals surface area contributed by atoms with Crippen molar-refractivity contribution in [3.63, 3.8) is 0 Å². The van der Waals surface area contributed by atoms with E-state index in [1.807, 2.05) is 0 Å². The van der Waals surface area contributed by atoms with Crippen LogP contribution in [0.1, 0.15) is 59.2 Å². The summed E-state index contributed by atoms with van der Waals surface area (Å²) in [5.41, 5.74) is 2.00. The number of aryl methyl sites for hydroxylation is 1. The van der Waals surface area contributed by atoms with Gasteiger partial charge in [-0.1, -0.05) is 37.6 Å². The molecule has 3 rings (SSSR count). The summed E-state index contributed by atoms with van der Waals surface area (Å²) in [6.45, 7) is 10.4. The molecule has 1 amide bonds. The van der Waals surface area contributed by atoms with Crippen molar-refractivity contribution in [1.82, 2.24) is 14.8 Å². The van der Waals surface area contributed by atoms with Crippen molar-refractivity contribution in [3.05, 3.63) is 62.9 Å². The number of rotatable bonds is 9. The zero-order valence-electron chi connectivity index (χ0n) is 20.8. The van der Waals surface area contributed by atoms with Gasteiger partial charge in [-0.2, -0.15) is 0 Å². The van der Waals surface area contributed by atoms with Gasteiger partial charge in [0.15, 0.2) is 0 Å². The maximum atomic E-state index is 13.3. The molecule has 188 valence electrons. The summed E-state index contributed by atoms with van der Waals surface area (Å²) in [6, 6.07) is 6.13. The number of ketones is 1. The summed E-state index contributed by atoms with van der Waals surface area (Å²) in [7, 11) is 1.26. The van der Waals surface area contributed by atoms with Crippen molar-refractivity contribution in [2.75, 3.05) is 33.3 Å². The number of aromatic nitrogens is 1. The molecule has 1 saturated heterocycles. The number of ether oxygens (including phenoxy) is 1. The quantitative estimate of drug-likeness (QED) is 0.231. The standard InChI is InChI=1S/C26H32ClN3O5/c1-6-29(7-2)12-9-13-30-22(17-10-8-11-18(27)14-17)20(24(32)25(30)33)23(31)19-15(3)21(26(34)35-5)28-16(19)4/h8,10-11,14,22,28,31H,6-7,9,12-13H2,1-5H3/t22-/m0/s1. The second-order valence-electron chi connectivity index (χ2n) is 8.54. The van der Waals surface area contributed by atoms with Crippen LogP contribution in [-0.2, 0) is 14.3 Å². The molecule has 1 aliphatic heterocycles. The van der Waals surface area contributed by atoms with Gasteiger partial charge in [0.05, 0.1) is 18.7 Å². The number of esters is 1. The molecular weight excluding hydrogens is 470 g/mol. The number of amides is 1. The van der Waals surface area contributed by atoms with Gasteiger partial charge in [-0.05, 0) is 63.2 Å². The summed E-state index contributed by atoms with van der Waals surface area (Å²) in [5, 5.41) is 11.9. The molecule has 2 N–H and O–H groups in total. The van der Waals surface area contributed by atoms with Gasteiger partial charge >= 0.3 is 5.97 Å². The Bertz CT molecular complexity index is 1170. The molecule has 9 heteroatoms. The van der Waals surface area contributed by atoms with Crippen molar-refractivity contribution in [2.24, 2.45) is 0 Å². The number of methoxy groups -OCH3 is 1. The highest BCUT2D eigenvalue weighted by Crippen LogP contribution is 2.41. The number of carbonyl (C=O) groups excluding carboxylic acids is 3. The highest BCUT2D eigenvalue weighted by Gasteiger charge is 2.46. The Morgan fingerprint density at radius 3 is 2.51 bits per heavy atom. The Kier molecular flexibility index (Phi) is 8.40. The number of hydrogen-bond donors (Lipinski definition) is 2. The molecule has 1 aromatic carbocycles. The number of nitrogens with one attached hydrogen (secondary N) is 1. The monoisotopic (exact) mass is 501 g/mol. The fourth-order valence-corrected chi connectivity index (χ4v) is 4.88. The molecule has 1 aliphatic rings. The fraction of sp³-hybridized carbons (Fsp3) is 0.423. The number of hydrogen-bond acceptors (Lipinski definition) is 6. The Morgan fingerprint density at radius 1 is 1.23 bits per heavy atom. The first-order valence-electron chi connectivity index (χ1n) is 11.7. The van der Waals surface area contributed by atoms with Crippen LogP contribution in [-0.4, -0.2) is 70.8 Å². The number of benzene rings is 1. The van der Waals surface area contributed by atoms with Crippen LogP contribution in [0, 0.1) is 13.8 Å². The van der Waals surface area contributed by atoms with Gasteiger partial charge in [0.1, 0.15) is 11.5 Å². The lowest BCUT2D eigenvalue weighted by molar-refractivity contribution is -0.140. The smallest absolute Gasteiger partial charge is 0.354 e. The number of Topliss-reactive ketones (excluding diaryl/α,β-unsaturated/α-hetero) is 1. The zero-order chi connectivity index (χ0) is 25.9. The van der Waals surface area contributed by atoms with Crippen LogP contribution in [0.2, 0.25) is 5.02 Å². The molecule has 35 heavy (non-hydrogen) atoms. The van der Waals surface area contributed by atoms with Gasteiger partial charge in [-0.3, -0.25) is 9.59 Å². The van der Waals surface area contributed by atoms with Crippen LogP contribution in [0.15, 0.2) is 29.8 Å². The number of likely N-dealkylation sites (tertiary alicyclic amines) is 1. The third-order valence-electron chi connectivity index (χ3n) is 6.54. The molecule has 1 atom stereocenters. The van der Waals surface area contributed by atoms with Crippen LogP contribution >= 0.6 is 11.6 Å². The summed E-state index contributed by atoms with van der Waals surface area (Å²) in [4.78, 5) is 45.3. The molecule has 0 unspecified atom stereocenters. The maximum absolute atomic E-state index is 13.3. The first-order chi connectivity index (χ1) is 16.7. The molecule has 1 fully saturated rings. The van der Waals surface area contributed by atoms with E-state index in [2.05, 4.69) is 23.7 Å². The first kappa shape index (κ1) is 26.5. The third kappa shape index (κ3) is 5.13. The van der Waals surface area contributed by atoms with E-state index in [1.54, 1.807) is 38.1 Å². The molecule has 0 aliphatic carbocycles. The largest absolute Gasteiger partial charge is 0.507 e. The lowest BCUT2D eigenvalue weighted by atomic mass is 9.94. The number of aliphatic hydroxyl groups excluding tert-OH is 1. The minimum absolute atomic E-state index is 0.0262. The molecule has 0 bridgehead atoms. The highest BCUT2D eigenvalue weighted by molar-refractivity contribution is 6.46. The van der Waals surface area contributed by atoms with E-state index in [1.165, 1.54) is 12.0 Å². The van der Waals surface area contributed by atoms with Crippen LogP contribution in [0.4, 0.5) is 0 Å². The lowest BCUT2D eigenvalue weighted by Crippen LogP contribution is -2.33. The van der Waals surface area contributed by atoms with E-state index in [4.69, 9.17) is 16.3 Å². The molecule has 0 spiro atoms. The van der Waals surface area contributed by atoms with Gasteiger partial charge < -0.3 is 24.6 Å². The summed E-state index contributed by atoms with van der Waals surface area (Å²) in [5.74, 6) is -2.36. The minimum atomic E-state index is -0.805. The van der Waals surface area contributed by atoms with Crippen LogP contribution < -0.4 is 0 Å². The van der Waals surface area contributed by atoms with Crippen molar-refractivity contribution in [1.29, 1.82) is 0 Å². The van der Waals surface area contributed by atoms with Gasteiger partial charge in [0.25, 0.3) is 11.7 Å². The Labute approximate surface area is 210 Å². The molecule has 8 nitrogen and oxygen atoms in total. The second kappa shape index (κ2) is 11.1. The molecule has 0 saturated carbocycles. The van der Waals surface area contributed by atoms with Gasteiger partial charge in [0.2, 0.25) is 0 Å². The first-order valence-corrected chi connectivity index (χ1v) is 12.1. The number of H-pyrrole nitrogens is 1. The topological polar surface area (TPSA) is 103 Å². The number of aromatic amines is 1. The normalized spacial score (nSPS) is 17.5. The Hall–Kier alpha value is -3.10. The fourth-order valence-electron chi connectivity index (χ4n) is 4.68. The van der Waals surface area contributed by atoms with Crippen LogP contribution in [0.3, 0.4) is 0 Å². The summed E-state index contributed by atoms with van der Waals surface area (Å²) >= 11 is 6.25. The van der Waals surface area contributed by atoms with E-state index in [-0.39, 0.29) is 17.0 Å². The second-order valence-corrected chi connectivity index (χ2v) is 8.98. The SMILES string of the molecule is CCN(CC)CCCN1C(=O)C(=O)C(=C(O)c2c(C)[nH]c(C(=O)OC)c2C)[C@@H]1c1cccc(Cl)c1. The predicted molar refractivity (Wildman–Crippen MR) is 134 cm³/mol. The Morgan fingerprint density at radius 2 is 1.91 bits per heavy atom. The van der Waals surface area contributed by atoms with E-state index >= 15 is 0 Å². The number of nitrogens with zero attached hydrogens (tertiary/aromatic N) is 2. The third-order valence-corrected chi connectivity index (χ3v) is 6.77. The highest BCUT2D eigenvalue weighted by atomic mass is 35.5. The maximum Gasteiger partial charge on any atom is 0.354 e. The van der Waals surface area contributed by atoms with Crippen LogP contribution in [0.25, 0.3) is 5.76 Å². The molecule has 1 aromatic heterocycles. The predicted octanol–water partition coefficient (Wildman–Crippen LogP) is 4.23. The van der Waals surface area contributed by atoms with E-state index in [0.717, 1.165) is 19.6 Å². The Balaban J connectivity index is 2.12. The number of aliphatic hydroxyl groups is 1. The molecule has 2 heterocycles. The molecule has 0 radical (unpaired) electrons. The summed E-state index contributed by atoms with van der Waals surface area (Å²) < 4.78 is 4.82. The molecule has 2 aromatic rings. The average molecular weight is 502 g/mol. The van der Waals surface area contributed by atoms with Crippen LogP contribution in [0.5, 0.6) is 0 Å². The zero-order valence-corrected chi connectivity index (χ0v) is 21.5. The average Bonchev–Trinajstić information content (AvgIpc) is 3.28. The number of halogens is 1. The van der Waals surface area contributed by atoms with Crippen molar-refractivity contribution >= 4 is 35.0 Å². The lowest BCUT2D eigenvalue weighted by Gasteiger charge is -2.27.